The summed E-state index contributed by atoms with van der Waals surface area (Å²) in [5, 5.41) is 6.56. The van der Waals surface area contributed by atoms with E-state index in [4.69, 9.17) is 23.8 Å². The fraction of sp³-hybridized carbons (Fsp3) is 0.417. The van der Waals surface area contributed by atoms with Crippen molar-refractivity contribution in [2.45, 2.75) is 18.2 Å². The summed E-state index contributed by atoms with van der Waals surface area (Å²) in [6.07, 6.45) is 0.947. The standard InChI is InChI=1S/C12H18ClN3O2S2/c1-4-7-14-12(19)15-9-5-6-10(13)11(8-9)20(17,18)16(2)3/h5-6,8H,4,7H2,1-3H3,(H2,14,15,19). The van der Waals surface area contributed by atoms with Crippen LogP contribution in [0.15, 0.2) is 23.1 Å². The molecule has 0 unspecified atom stereocenters. The molecule has 0 radical (unpaired) electrons. The van der Waals surface area contributed by atoms with E-state index >= 15 is 0 Å². The molecule has 0 spiro atoms. The van der Waals surface area contributed by atoms with E-state index in [1.54, 1.807) is 6.07 Å². The first kappa shape index (κ1) is 17.2. The first-order valence-electron chi connectivity index (χ1n) is 6.06. The molecule has 1 rings (SSSR count). The monoisotopic (exact) mass is 335 g/mol. The predicted molar refractivity (Wildman–Crippen MR) is 86.8 cm³/mol. The Bertz CT molecular complexity index is 588. The van der Waals surface area contributed by atoms with Crippen LogP contribution in [0.2, 0.25) is 5.02 Å². The lowest BCUT2D eigenvalue weighted by Gasteiger charge is -2.15. The van der Waals surface area contributed by atoms with Crippen LogP contribution in [0, 0.1) is 0 Å². The molecule has 5 nitrogen and oxygen atoms in total. The summed E-state index contributed by atoms with van der Waals surface area (Å²) < 4.78 is 25.4. The lowest BCUT2D eigenvalue weighted by atomic mass is 10.3. The number of benzene rings is 1. The van der Waals surface area contributed by atoms with E-state index in [1.807, 2.05) is 6.92 Å². The van der Waals surface area contributed by atoms with Gasteiger partial charge in [-0.25, -0.2) is 12.7 Å². The summed E-state index contributed by atoms with van der Waals surface area (Å²) in [5.41, 5.74) is 0.573. The van der Waals surface area contributed by atoms with Crippen LogP contribution in [-0.2, 0) is 10.0 Å². The molecular weight excluding hydrogens is 318 g/mol. The van der Waals surface area contributed by atoms with Crippen LogP contribution in [0.1, 0.15) is 13.3 Å². The first-order valence-corrected chi connectivity index (χ1v) is 8.28. The van der Waals surface area contributed by atoms with Crippen LogP contribution in [0.4, 0.5) is 5.69 Å². The smallest absolute Gasteiger partial charge is 0.244 e. The molecule has 0 atom stereocenters. The predicted octanol–water partition coefficient (Wildman–Crippen LogP) is 2.29. The minimum Gasteiger partial charge on any atom is -0.362 e. The maximum absolute atomic E-state index is 12.1. The molecule has 0 aliphatic rings. The second-order valence-electron chi connectivity index (χ2n) is 4.31. The van der Waals surface area contributed by atoms with E-state index in [0.717, 1.165) is 17.3 Å². The minimum atomic E-state index is -3.59. The zero-order valence-corrected chi connectivity index (χ0v) is 14.0. The molecule has 20 heavy (non-hydrogen) atoms. The van der Waals surface area contributed by atoms with Gasteiger partial charge in [0.2, 0.25) is 10.0 Å². The van der Waals surface area contributed by atoms with Crippen LogP contribution in [0.25, 0.3) is 0 Å². The van der Waals surface area contributed by atoms with E-state index in [1.165, 1.54) is 26.2 Å². The Morgan fingerprint density at radius 3 is 2.60 bits per heavy atom. The van der Waals surface area contributed by atoms with E-state index in [-0.39, 0.29) is 9.92 Å². The number of thiocarbonyl (C=S) groups is 1. The summed E-state index contributed by atoms with van der Waals surface area (Å²) >= 11 is 11.1. The van der Waals surface area contributed by atoms with Gasteiger partial charge in [-0.05, 0) is 36.8 Å². The van der Waals surface area contributed by atoms with Crippen LogP contribution < -0.4 is 10.6 Å². The number of rotatable bonds is 5. The molecule has 0 aromatic heterocycles. The largest absolute Gasteiger partial charge is 0.362 e. The average Bonchev–Trinajstić information content (AvgIpc) is 2.38. The minimum absolute atomic E-state index is 0.0486. The SMILES string of the molecule is CCCNC(=S)Nc1ccc(Cl)c(S(=O)(=O)N(C)C)c1. The van der Waals surface area contributed by atoms with Gasteiger partial charge < -0.3 is 10.6 Å². The first-order chi connectivity index (χ1) is 9.28. The zero-order chi connectivity index (χ0) is 15.3. The second-order valence-corrected chi connectivity index (χ2v) is 7.25. The average molecular weight is 336 g/mol. The van der Waals surface area contributed by atoms with Crippen molar-refractivity contribution in [3.8, 4) is 0 Å². The molecule has 0 bridgehead atoms. The van der Waals surface area contributed by atoms with Gasteiger partial charge in [-0.2, -0.15) is 0 Å². The number of hydrogen-bond acceptors (Lipinski definition) is 3. The van der Waals surface area contributed by atoms with Gasteiger partial charge in [0.15, 0.2) is 5.11 Å². The molecule has 0 saturated carbocycles. The van der Waals surface area contributed by atoms with Gasteiger partial charge in [0.25, 0.3) is 0 Å². The third kappa shape index (κ3) is 4.31. The Kier molecular flexibility index (Phi) is 6.19. The molecule has 0 aliphatic carbocycles. The maximum Gasteiger partial charge on any atom is 0.244 e. The molecule has 112 valence electrons. The number of hydrogen-bond donors (Lipinski definition) is 2. The van der Waals surface area contributed by atoms with E-state index in [0.29, 0.717) is 10.8 Å². The molecule has 0 saturated heterocycles. The quantitative estimate of drug-likeness (QED) is 0.808. The van der Waals surface area contributed by atoms with Gasteiger partial charge in [-0.3, -0.25) is 0 Å². The highest BCUT2D eigenvalue weighted by atomic mass is 35.5. The molecule has 1 aromatic carbocycles. The number of anilines is 1. The Hall–Kier alpha value is -0.890. The van der Waals surface area contributed by atoms with Gasteiger partial charge in [0.05, 0.1) is 5.02 Å². The van der Waals surface area contributed by atoms with E-state index < -0.39 is 10.0 Å². The van der Waals surface area contributed by atoms with Crippen LogP contribution in [0.3, 0.4) is 0 Å². The summed E-state index contributed by atoms with van der Waals surface area (Å²) in [6.45, 7) is 2.78. The van der Waals surface area contributed by atoms with Crippen molar-refractivity contribution in [1.82, 2.24) is 9.62 Å². The Morgan fingerprint density at radius 2 is 2.05 bits per heavy atom. The number of nitrogens with one attached hydrogen (secondary N) is 2. The fourth-order valence-corrected chi connectivity index (χ4v) is 3.00. The molecule has 8 heteroatoms. The van der Waals surface area contributed by atoms with Gasteiger partial charge >= 0.3 is 0 Å². The third-order valence-electron chi connectivity index (χ3n) is 2.48. The van der Waals surface area contributed by atoms with Crippen molar-refractivity contribution >= 4 is 44.6 Å². The summed E-state index contributed by atoms with van der Waals surface area (Å²) in [5.74, 6) is 0. The van der Waals surface area contributed by atoms with E-state index in [2.05, 4.69) is 10.6 Å². The lowest BCUT2D eigenvalue weighted by Crippen LogP contribution is -2.29. The summed E-state index contributed by atoms with van der Waals surface area (Å²) in [7, 11) is -0.670. The second kappa shape index (κ2) is 7.21. The van der Waals surface area contributed by atoms with Crippen LogP contribution in [-0.4, -0.2) is 38.5 Å². The molecule has 0 amide bonds. The van der Waals surface area contributed by atoms with Crippen molar-refractivity contribution in [2.75, 3.05) is 26.0 Å². The molecule has 0 fully saturated rings. The van der Waals surface area contributed by atoms with Crippen molar-refractivity contribution in [2.24, 2.45) is 0 Å². The zero-order valence-electron chi connectivity index (χ0n) is 11.6. The van der Waals surface area contributed by atoms with Crippen molar-refractivity contribution in [3.05, 3.63) is 23.2 Å². The highest BCUT2D eigenvalue weighted by Crippen LogP contribution is 2.26. The molecule has 0 heterocycles. The lowest BCUT2D eigenvalue weighted by molar-refractivity contribution is 0.521. The summed E-state index contributed by atoms with van der Waals surface area (Å²) in [6, 6.07) is 4.68. The highest BCUT2D eigenvalue weighted by molar-refractivity contribution is 7.89. The van der Waals surface area contributed by atoms with Gasteiger partial charge in [0.1, 0.15) is 4.90 Å². The molecule has 0 aliphatic heterocycles. The van der Waals surface area contributed by atoms with Crippen molar-refractivity contribution < 1.29 is 8.42 Å². The van der Waals surface area contributed by atoms with Crippen molar-refractivity contribution in [3.63, 3.8) is 0 Å². The molecule has 1 aromatic rings. The summed E-state index contributed by atoms with van der Waals surface area (Å²) in [4.78, 5) is 0.0486. The Labute approximate surface area is 130 Å². The topological polar surface area (TPSA) is 61.4 Å². The number of sulfonamides is 1. The van der Waals surface area contributed by atoms with E-state index in [9.17, 15) is 8.42 Å². The normalized spacial score (nSPS) is 11.4. The highest BCUT2D eigenvalue weighted by Gasteiger charge is 2.21. The number of nitrogens with zero attached hydrogens (tertiary/aromatic N) is 1. The van der Waals surface area contributed by atoms with Crippen molar-refractivity contribution in [1.29, 1.82) is 0 Å². The van der Waals surface area contributed by atoms with Gasteiger partial charge in [0, 0.05) is 26.3 Å². The van der Waals surface area contributed by atoms with Crippen LogP contribution in [0.5, 0.6) is 0 Å². The van der Waals surface area contributed by atoms with Gasteiger partial charge in [-0.1, -0.05) is 18.5 Å². The number of halogens is 1. The molecular formula is C12H18ClN3O2S2. The maximum atomic E-state index is 12.1. The fourth-order valence-electron chi connectivity index (χ4n) is 1.39. The van der Waals surface area contributed by atoms with Gasteiger partial charge in [-0.15, -0.1) is 0 Å². The molecule has 2 N–H and O–H groups in total. The Balaban J connectivity index is 3.01. The third-order valence-corrected chi connectivity index (χ3v) is 5.03. The Morgan fingerprint density at radius 1 is 1.40 bits per heavy atom. The van der Waals surface area contributed by atoms with Crippen LogP contribution >= 0.6 is 23.8 Å².